The zero-order chi connectivity index (χ0) is 18.0. The van der Waals surface area contributed by atoms with Crippen molar-refractivity contribution in [3.63, 3.8) is 0 Å². The molecule has 0 saturated heterocycles. The molecule has 0 fully saturated rings. The Kier molecular flexibility index (Phi) is 4.90. The molecule has 0 bridgehead atoms. The smallest absolute Gasteiger partial charge is 0.287 e. The largest absolute Gasteiger partial charge is 0.496 e. The first-order valence-electron chi connectivity index (χ1n) is 7.98. The van der Waals surface area contributed by atoms with Gasteiger partial charge in [-0.15, -0.1) is 0 Å². The fraction of sp³-hybridized carbons (Fsp3) is 0.263. The van der Waals surface area contributed by atoms with Crippen LogP contribution in [-0.4, -0.2) is 24.7 Å². The van der Waals surface area contributed by atoms with Crippen molar-refractivity contribution in [3.05, 3.63) is 52.3 Å². The number of fused-ring (bicyclic) bond motifs is 1. The van der Waals surface area contributed by atoms with E-state index >= 15 is 0 Å². The van der Waals surface area contributed by atoms with E-state index in [1.165, 1.54) is 31.1 Å². The number of hydrogen-bond acceptors (Lipinski definition) is 4. The SMILES string of the molecule is CCc1cccc2sc(=NC(=O)c3c(OC)cccc3OC)n(C)c12. The van der Waals surface area contributed by atoms with E-state index in [1.807, 2.05) is 23.7 Å². The molecule has 0 N–H and O–H groups in total. The molecular weight excluding hydrogens is 336 g/mol. The molecular formula is C19H20N2O3S. The molecule has 0 unspecified atom stereocenters. The molecule has 6 heteroatoms. The van der Waals surface area contributed by atoms with Crippen LogP contribution in [-0.2, 0) is 13.5 Å². The van der Waals surface area contributed by atoms with E-state index in [4.69, 9.17) is 9.47 Å². The lowest BCUT2D eigenvalue weighted by Gasteiger charge is -2.09. The summed E-state index contributed by atoms with van der Waals surface area (Å²) in [5.74, 6) is 0.520. The van der Waals surface area contributed by atoms with Crippen molar-refractivity contribution in [2.75, 3.05) is 14.2 Å². The Balaban J connectivity index is 2.18. The summed E-state index contributed by atoms with van der Waals surface area (Å²) >= 11 is 1.50. The lowest BCUT2D eigenvalue weighted by molar-refractivity contribution is 0.0992. The number of thiazole rings is 1. The Morgan fingerprint density at radius 1 is 1.12 bits per heavy atom. The molecule has 0 radical (unpaired) electrons. The Morgan fingerprint density at radius 2 is 1.76 bits per heavy atom. The van der Waals surface area contributed by atoms with E-state index in [2.05, 4.69) is 18.0 Å². The van der Waals surface area contributed by atoms with E-state index < -0.39 is 0 Å². The van der Waals surface area contributed by atoms with Gasteiger partial charge in [-0.05, 0) is 30.2 Å². The van der Waals surface area contributed by atoms with E-state index in [9.17, 15) is 4.79 Å². The minimum atomic E-state index is -0.380. The topological polar surface area (TPSA) is 52.8 Å². The van der Waals surface area contributed by atoms with Crippen molar-refractivity contribution < 1.29 is 14.3 Å². The predicted octanol–water partition coefficient (Wildman–Crippen LogP) is 3.56. The second-order valence-electron chi connectivity index (χ2n) is 5.52. The maximum atomic E-state index is 12.8. The highest BCUT2D eigenvalue weighted by Gasteiger charge is 2.18. The molecule has 5 nitrogen and oxygen atoms in total. The monoisotopic (exact) mass is 356 g/mol. The van der Waals surface area contributed by atoms with Gasteiger partial charge < -0.3 is 14.0 Å². The van der Waals surface area contributed by atoms with Crippen molar-refractivity contribution in [1.29, 1.82) is 0 Å². The molecule has 1 aromatic heterocycles. The number of nitrogens with zero attached hydrogens (tertiary/aromatic N) is 2. The summed E-state index contributed by atoms with van der Waals surface area (Å²) in [5.41, 5.74) is 2.69. The summed E-state index contributed by atoms with van der Waals surface area (Å²) < 4.78 is 13.7. The Morgan fingerprint density at radius 3 is 2.36 bits per heavy atom. The molecule has 3 rings (SSSR count). The number of methoxy groups -OCH3 is 2. The fourth-order valence-corrected chi connectivity index (χ4v) is 3.95. The van der Waals surface area contributed by atoms with Crippen LogP contribution in [0.5, 0.6) is 11.5 Å². The molecule has 3 aromatic rings. The summed E-state index contributed by atoms with van der Waals surface area (Å²) in [7, 11) is 4.99. The van der Waals surface area contributed by atoms with Gasteiger partial charge in [-0.25, -0.2) is 0 Å². The highest BCUT2D eigenvalue weighted by molar-refractivity contribution is 7.16. The van der Waals surface area contributed by atoms with Crippen LogP contribution in [0.3, 0.4) is 0 Å². The van der Waals surface area contributed by atoms with Crippen LogP contribution in [0, 0.1) is 0 Å². The van der Waals surface area contributed by atoms with Crippen LogP contribution in [0.15, 0.2) is 41.4 Å². The molecule has 25 heavy (non-hydrogen) atoms. The molecule has 2 aromatic carbocycles. The van der Waals surface area contributed by atoms with Gasteiger partial charge in [0.2, 0.25) is 0 Å². The highest BCUT2D eigenvalue weighted by Crippen LogP contribution is 2.29. The van der Waals surface area contributed by atoms with Gasteiger partial charge in [-0.1, -0.05) is 36.5 Å². The third-order valence-electron chi connectivity index (χ3n) is 4.13. The summed E-state index contributed by atoms with van der Waals surface area (Å²) in [6.45, 7) is 2.12. The Bertz CT molecular complexity index is 979. The zero-order valence-corrected chi connectivity index (χ0v) is 15.5. The van der Waals surface area contributed by atoms with Crippen LogP contribution >= 0.6 is 11.3 Å². The van der Waals surface area contributed by atoms with Gasteiger partial charge in [0.05, 0.1) is 24.4 Å². The number of carbonyl (C=O) groups is 1. The Hall–Kier alpha value is -2.60. The predicted molar refractivity (Wildman–Crippen MR) is 99.6 cm³/mol. The first-order valence-corrected chi connectivity index (χ1v) is 8.79. The van der Waals surface area contributed by atoms with Crippen molar-refractivity contribution >= 4 is 27.5 Å². The number of rotatable bonds is 4. The molecule has 1 heterocycles. The van der Waals surface area contributed by atoms with Crippen LogP contribution in [0.2, 0.25) is 0 Å². The van der Waals surface area contributed by atoms with Crippen LogP contribution in [0.25, 0.3) is 10.2 Å². The summed E-state index contributed by atoms with van der Waals surface area (Å²) in [5, 5.41) is 0. The fourth-order valence-electron chi connectivity index (χ4n) is 2.88. The molecule has 130 valence electrons. The molecule has 0 saturated carbocycles. The maximum Gasteiger partial charge on any atom is 0.287 e. The molecule has 0 aliphatic heterocycles. The summed E-state index contributed by atoms with van der Waals surface area (Å²) in [4.78, 5) is 17.8. The molecule has 0 aliphatic carbocycles. The second kappa shape index (κ2) is 7.11. The average molecular weight is 356 g/mol. The van der Waals surface area contributed by atoms with Crippen molar-refractivity contribution in [3.8, 4) is 11.5 Å². The lowest BCUT2D eigenvalue weighted by Crippen LogP contribution is -2.14. The number of ether oxygens (including phenoxy) is 2. The van der Waals surface area contributed by atoms with Crippen molar-refractivity contribution in [1.82, 2.24) is 4.57 Å². The Labute approximate surface area is 150 Å². The maximum absolute atomic E-state index is 12.8. The van der Waals surface area contributed by atoms with Gasteiger partial charge in [-0.2, -0.15) is 4.99 Å². The van der Waals surface area contributed by atoms with E-state index in [0.717, 1.165) is 16.6 Å². The standard InChI is InChI=1S/C19H20N2O3S/c1-5-12-8-6-11-15-17(12)21(2)19(25-15)20-18(22)16-13(23-3)9-7-10-14(16)24-4/h6-11H,5H2,1-4H3. The number of aryl methyl sites for hydroxylation is 2. The minimum Gasteiger partial charge on any atom is -0.496 e. The quantitative estimate of drug-likeness (QED) is 0.718. The number of hydrogen-bond donors (Lipinski definition) is 0. The first kappa shape index (κ1) is 17.2. The van der Waals surface area contributed by atoms with Crippen LogP contribution in [0.4, 0.5) is 0 Å². The lowest BCUT2D eigenvalue weighted by atomic mass is 10.1. The van der Waals surface area contributed by atoms with Gasteiger partial charge in [0, 0.05) is 7.05 Å². The number of amides is 1. The van der Waals surface area contributed by atoms with Crippen LogP contribution < -0.4 is 14.3 Å². The molecule has 0 atom stereocenters. The van der Waals surface area contributed by atoms with E-state index in [1.54, 1.807) is 18.2 Å². The van der Waals surface area contributed by atoms with Crippen LogP contribution in [0.1, 0.15) is 22.8 Å². The van der Waals surface area contributed by atoms with Crippen molar-refractivity contribution in [2.45, 2.75) is 13.3 Å². The van der Waals surface area contributed by atoms with Gasteiger partial charge >= 0.3 is 0 Å². The third kappa shape index (κ3) is 3.05. The zero-order valence-electron chi connectivity index (χ0n) is 14.7. The summed E-state index contributed by atoms with van der Waals surface area (Å²) in [6, 6.07) is 11.4. The number of aromatic nitrogens is 1. The van der Waals surface area contributed by atoms with Gasteiger partial charge in [0.1, 0.15) is 17.1 Å². The first-order chi connectivity index (χ1) is 12.1. The van der Waals surface area contributed by atoms with Crippen molar-refractivity contribution in [2.24, 2.45) is 12.0 Å². The molecule has 0 aliphatic rings. The van der Waals surface area contributed by atoms with Gasteiger partial charge in [-0.3, -0.25) is 4.79 Å². The van der Waals surface area contributed by atoms with E-state index in [0.29, 0.717) is 21.9 Å². The number of carbonyl (C=O) groups excluding carboxylic acids is 1. The normalized spacial score (nSPS) is 11.8. The van der Waals surface area contributed by atoms with E-state index in [-0.39, 0.29) is 5.91 Å². The average Bonchev–Trinajstić information content (AvgIpc) is 2.96. The second-order valence-corrected chi connectivity index (χ2v) is 6.52. The highest BCUT2D eigenvalue weighted by atomic mass is 32.1. The van der Waals surface area contributed by atoms with Gasteiger partial charge in [0.25, 0.3) is 5.91 Å². The third-order valence-corrected chi connectivity index (χ3v) is 5.22. The number of benzene rings is 2. The summed E-state index contributed by atoms with van der Waals surface area (Å²) in [6.07, 6.45) is 0.926. The van der Waals surface area contributed by atoms with Gasteiger partial charge in [0.15, 0.2) is 4.80 Å². The minimum absolute atomic E-state index is 0.334. The number of para-hydroxylation sites is 1. The molecule has 0 spiro atoms. The molecule has 1 amide bonds.